The lowest BCUT2D eigenvalue weighted by molar-refractivity contribution is -0.139. The van der Waals surface area contributed by atoms with Crippen LogP contribution in [0.25, 0.3) is 0 Å². The summed E-state index contributed by atoms with van der Waals surface area (Å²) in [5.41, 5.74) is 6.49. The van der Waals surface area contributed by atoms with Gasteiger partial charge in [0.1, 0.15) is 17.9 Å². The summed E-state index contributed by atoms with van der Waals surface area (Å²) >= 11 is 0. The van der Waals surface area contributed by atoms with Crippen molar-refractivity contribution < 1.29 is 24.3 Å². The molecule has 2 unspecified atom stereocenters. The van der Waals surface area contributed by atoms with Crippen molar-refractivity contribution in [2.45, 2.75) is 31.5 Å². The minimum Gasteiger partial charge on any atom is -0.481 e. The Balaban J connectivity index is 1.63. The highest BCUT2D eigenvalue weighted by Crippen LogP contribution is 2.38. The van der Waals surface area contributed by atoms with Gasteiger partial charge >= 0.3 is 12.0 Å². The summed E-state index contributed by atoms with van der Waals surface area (Å²) in [5.74, 6) is -2.49. The quantitative estimate of drug-likeness (QED) is 0.180. The van der Waals surface area contributed by atoms with Gasteiger partial charge in [0.05, 0.1) is 12.5 Å². The summed E-state index contributed by atoms with van der Waals surface area (Å²) in [6, 6.07) is 22.8. The highest BCUT2D eigenvalue weighted by Gasteiger charge is 2.55. The molecule has 1 aliphatic heterocycles. The Hall–Kier alpha value is -4.99. The van der Waals surface area contributed by atoms with Crippen LogP contribution in [0, 0.1) is 5.41 Å². The lowest BCUT2D eigenvalue weighted by Gasteiger charge is -2.32. The van der Waals surface area contributed by atoms with Crippen LogP contribution in [0.2, 0.25) is 0 Å². The molecule has 200 valence electrons. The van der Waals surface area contributed by atoms with Crippen molar-refractivity contribution in [2.75, 3.05) is 6.54 Å². The fourth-order valence-corrected chi connectivity index (χ4v) is 4.68. The molecule has 39 heavy (non-hydrogen) atoms. The fraction of sp³-hybridized carbons (Fsp3) is 0.207. The van der Waals surface area contributed by atoms with Gasteiger partial charge in [0, 0.05) is 12.1 Å². The van der Waals surface area contributed by atoms with Gasteiger partial charge in [-0.25, -0.2) is 4.79 Å². The minimum absolute atomic E-state index is 0.111. The molecule has 4 amide bonds. The van der Waals surface area contributed by atoms with Crippen LogP contribution in [-0.4, -0.2) is 51.1 Å². The number of carbonyl (C=O) groups excluding carboxylic acids is 3. The van der Waals surface area contributed by atoms with Crippen LogP contribution in [0.15, 0.2) is 84.9 Å². The monoisotopic (exact) mass is 527 g/mol. The molecular formula is C29H29N5O5. The number of carboxylic acid groups (broad SMARTS) is 1. The van der Waals surface area contributed by atoms with E-state index in [1.54, 1.807) is 61.5 Å². The highest BCUT2D eigenvalue weighted by atomic mass is 16.4. The number of amidine groups is 1. The van der Waals surface area contributed by atoms with Gasteiger partial charge in [0.15, 0.2) is 0 Å². The number of aliphatic carboxylic acids is 1. The zero-order valence-corrected chi connectivity index (χ0v) is 21.3. The second-order valence-corrected chi connectivity index (χ2v) is 9.44. The molecule has 1 saturated heterocycles. The normalized spacial score (nSPS) is 17.7. The van der Waals surface area contributed by atoms with Crippen LogP contribution in [-0.2, 0) is 26.5 Å². The van der Waals surface area contributed by atoms with Gasteiger partial charge < -0.3 is 21.1 Å². The van der Waals surface area contributed by atoms with E-state index in [1.807, 2.05) is 30.3 Å². The van der Waals surface area contributed by atoms with Crippen molar-refractivity contribution in [3.05, 3.63) is 107 Å². The number of nitrogens with two attached hydrogens (primary N) is 1. The molecule has 0 aliphatic carbocycles. The van der Waals surface area contributed by atoms with E-state index in [0.717, 1.165) is 10.5 Å². The van der Waals surface area contributed by atoms with E-state index in [9.17, 15) is 24.3 Å². The molecular weight excluding hydrogens is 498 g/mol. The van der Waals surface area contributed by atoms with Crippen molar-refractivity contribution in [3.63, 3.8) is 0 Å². The molecule has 4 rings (SSSR count). The summed E-state index contributed by atoms with van der Waals surface area (Å²) < 4.78 is 0. The van der Waals surface area contributed by atoms with Gasteiger partial charge in [-0.05, 0) is 23.6 Å². The minimum atomic E-state index is -1.44. The first kappa shape index (κ1) is 27.1. The van der Waals surface area contributed by atoms with Crippen LogP contribution >= 0.6 is 0 Å². The molecule has 0 aromatic heterocycles. The predicted molar refractivity (Wildman–Crippen MR) is 143 cm³/mol. The molecule has 1 fully saturated rings. The summed E-state index contributed by atoms with van der Waals surface area (Å²) in [4.78, 5) is 54.3. The molecule has 3 aromatic rings. The number of nitrogen functional groups attached to an aromatic ring is 1. The number of rotatable bonds is 10. The van der Waals surface area contributed by atoms with Gasteiger partial charge in [-0.3, -0.25) is 24.7 Å². The number of imide groups is 1. The fourth-order valence-electron chi connectivity index (χ4n) is 4.68. The first-order chi connectivity index (χ1) is 18.6. The Kier molecular flexibility index (Phi) is 7.75. The standard InChI is InChI=1S/C29H29N5O5/c1-29(22-14-12-21(13-15-22)26(30)31)27(38)33(28(39)34(29)17-19-8-4-2-5-9-19)18-24(35)32-23(16-25(36)37)20-10-6-3-7-11-20/h2-15,23H,16-18H2,1H3,(H3,30,31)(H,32,35)(H,36,37). The molecule has 0 radical (unpaired) electrons. The number of amides is 4. The topological polar surface area (TPSA) is 157 Å². The molecule has 5 N–H and O–H groups in total. The number of hydrogen-bond acceptors (Lipinski definition) is 5. The zero-order valence-electron chi connectivity index (χ0n) is 21.3. The van der Waals surface area contributed by atoms with E-state index in [0.29, 0.717) is 16.7 Å². The molecule has 10 nitrogen and oxygen atoms in total. The van der Waals surface area contributed by atoms with Crippen molar-refractivity contribution in [1.82, 2.24) is 15.1 Å². The zero-order chi connectivity index (χ0) is 28.2. The van der Waals surface area contributed by atoms with E-state index in [2.05, 4.69) is 5.32 Å². The Morgan fingerprint density at radius 2 is 1.56 bits per heavy atom. The highest BCUT2D eigenvalue weighted by molar-refractivity contribution is 6.09. The summed E-state index contributed by atoms with van der Waals surface area (Å²) in [7, 11) is 0. The van der Waals surface area contributed by atoms with Gasteiger partial charge in [-0.1, -0.05) is 84.9 Å². The van der Waals surface area contributed by atoms with Crippen LogP contribution in [0.1, 0.15) is 41.6 Å². The molecule has 3 aromatic carbocycles. The lowest BCUT2D eigenvalue weighted by Crippen LogP contribution is -2.44. The number of urea groups is 1. The molecule has 0 bridgehead atoms. The van der Waals surface area contributed by atoms with E-state index in [-0.39, 0.29) is 18.8 Å². The van der Waals surface area contributed by atoms with Crippen LogP contribution < -0.4 is 11.1 Å². The molecule has 1 heterocycles. The number of benzene rings is 3. The maximum absolute atomic E-state index is 13.8. The third-order valence-corrected chi connectivity index (χ3v) is 6.82. The maximum atomic E-state index is 13.8. The molecule has 1 aliphatic rings. The largest absolute Gasteiger partial charge is 0.481 e. The average molecular weight is 528 g/mol. The first-order valence-corrected chi connectivity index (χ1v) is 12.3. The molecule has 10 heteroatoms. The van der Waals surface area contributed by atoms with Crippen LogP contribution in [0.5, 0.6) is 0 Å². The number of carbonyl (C=O) groups is 4. The molecule has 0 saturated carbocycles. The molecule has 0 spiro atoms. The number of hydrogen-bond donors (Lipinski definition) is 4. The maximum Gasteiger partial charge on any atom is 0.328 e. The van der Waals surface area contributed by atoms with Crippen LogP contribution in [0.4, 0.5) is 4.79 Å². The lowest BCUT2D eigenvalue weighted by atomic mass is 9.89. The van der Waals surface area contributed by atoms with Crippen LogP contribution in [0.3, 0.4) is 0 Å². The Labute approximate surface area is 225 Å². The van der Waals surface area contributed by atoms with Crippen molar-refractivity contribution in [3.8, 4) is 0 Å². The number of nitrogens with one attached hydrogen (secondary N) is 2. The Morgan fingerprint density at radius 1 is 0.974 bits per heavy atom. The Bertz CT molecular complexity index is 1390. The Morgan fingerprint density at radius 3 is 2.13 bits per heavy atom. The second kappa shape index (κ2) is 11.2. The van der Waals surface area contributed by atoms with E-state index in [4.69, 9.17) is 11.1 Å². The first-order valence-electron chi connectivity index (χ1n) is 12.3. The smallest absolute Gasteiger partial charge is 0.328 e. The van der Waals surface area contributed by atoms with E-state index >= 15 is 0 Å². The third-order valence-electron chi connectivity index (χ3n) is 6.82. The number of nitrogens with zero attached hydrogens (tertiary/aromatic N) is 2. The van der Waals surface area contributed by atoms with Crippen molar-refractivity contribution in [1.29, 1.82) is 5.41 Å². The third kappa shape index (κ3) is 5.64. The van der Waals surface area contributed by atoms with Crippen molar-refractivity contribution in [2.24, 2.45) is 5.73 Å². The average Bonchev–Trinajstić information content (AvgIpc) is 3.10. The van der Waals surface area contributed by atoms with E-state index in [1.165, 1.54) is 4.90 Å². The van der Waals surface area contributed by atoms with Gasteiger partial charge in [0.25, 0.3) is 5.91 Å². The van der Waals surface area contributed by atoms with Crippen molar-refractivity contribution >= 4 is 29.7 Å². The van der Waals surface area contributed by atoms with E-state index < -0.39 is 41.9 Å². The van der Waals surface area contributed by atoms with Gasteiger partial charge in [-0.15, -0.1) is 0 Å². The predicted octanol–water partition coefficient (Wildman–Crippen LogP) is 2.98. The molecule has 2 atom stereocenters. The summed E-state index contributed by atoms with van der Waals surface area (Å²) in [6.45, 7) is 1.15. The SMILES string of the molecule is CC1(c2ccc(C(=N)N)cc2)C(=O)N(CC(=O)NC(CC(=O)O)c2ccccc2)C(=O)N1Cc1ccccc1. The van der Waals surface area contributed by atoms with Gasteiger partial charge in [-0.2, -0.15) is 0 Å². The summed E-state index contributed by atoms with van der Waals surface area (Å²) in [6.07, 6.45) is -0.363. The van der Waals surface area contributed by atoms with Gasteiger partial charge in [0.2, 0.25) is 5.91 Å². The number of carboxylic acids is 1. The summed E-state index contributed by atoms with van der Waals surface area (Å²) in [5, 5.41) is 19.7. The second-order valence-electron chi connectivity index (χ2n) is 9.44.